The molecule has 4 nitrogen and oxygen atoms in total. The smallest absolute Gasteiger partial charge is 0.343 e. The first-order chi connectivity index (χ1) is 8.19. The summed E-state index contributed by atoms with van der Waals surface area (Å²) in [7, 11) is 0. The van der Waals surface area contributed by atoms with Gasteiger partial charge in [0, 0.05) is 24.0 Å². The van der Waals surface area contributed by atoms with Crippen LogP contribution in [0.4, 0.5) is 0 Å². The van der Waals surface area contributed by atoms with Crippen LogP contribution in [-0.4, -0.2) is 17.1 Å². The Bertz CT molecular complexity index is 502. The van der Waals surface area contributed by atoms with Crippen LogP contribution in [0.1, 0.15) is 41.9 Å². The topological polar surface area (TPSA) is 48.3 Å². The number of nitrogens with zero attached hydrogens (tertiary/aromatic N) is 1. The Morgan fingerprint density at radius 2 is 2.18 bits per heavy atom. The van der Waals surface area contributed by atoms with Crippen molar-refractivity contribution in [2.75, 3.05) is 6.61 Å². The molecule has 0 radical (unpaired) electrons. The van der Waals surface area contributed by atoms with Crippen molar-refractivity contribution in [2.45, 2.75) is 39.7 Å². The Morgan fingerprint density at radius 1 is 1.41 bits per heavy atom. The fraction of sp³-hybridized carbons (Fsp3) is 0.538. The second-order valence-electron chi connectivity index (χ2n) is 4.16. The number of aromatic nitrogens is 1. The van der Waals surface area contributed by atoms with E-state index in [9.17, 15) is 9.59 Å². The van der Waals surface area contributed by atoms with E-state index in [2.05, 4.69) is 0 Å². The van der Waals surface area contributed by atoms with Crippen LogP contribution in [0.5, 0.6) is 0 Å². The number of fused-ring (bicyclic) bond motifs is 1. The van der Waals surface area contributed by atoms with Gasteiger partial charge in [0.05, 0.1) is 6.61 Å². The van der Waals surface area contributed by atoms with E-state index in [1.807, 2.05) is 11.5 Å². The van der Waals surface area contributed by atoms with Crippen LogP contribution in [0.3, 0.4) is 0 Å². The summed E-state index contributed by atoms with van der Waals surface area (Å²) in [5, 5.41) is 0. The molecule has 0 N–H and O–H groups in total. The van der Waals surface area contributed by atoms with Crippen molar-refractivity contribution in [3.05, 3.63) is 33.2 Å². The highest BCUT2D eigenvalue weighted by Crippen LogP contribution is 2.19. The van der Waals surface area contributed by atoms with Crippen LogP contribution in [0.25, 0.3) is 0 Å². The van der Waals surface area contributed by atoms with Crippen LogP contribution in [0.15, 0.2) is 11.0 Å². The first-order valence-corrected chi connectivity index (χ1v) is 6.11. The molecule has 0 unspecified atom stereocenters. The zero-order valence-electron chi connectivity index (χ0n) is 10.3. The molecule has 0 aromatic carbocycles. The quantitative estimate of drug-likeness (QED) is 0.746. The zero-order valence-corrected chi connectivity index (χ0v) is 10.3. The highest BCUT2D eigenvalue weighted by molar-refractivity contribution is 5.89. The zero-order chi connectivity index (χ0) is 12.4. The maximum absolute atomic E-state index is 12.1. The SMILES string of the molecule is CCOC(=O)c1cn(CC)c2c(c1=O)CCC2. The molecule has 1 heterocycles. The Kier molecular flexibility index (Phi) is 3.31. The van der Waals surface area contributed by atoms with E-state index in [0.717, 1.165) is 37.1 Å². The van der Waals surface area contributed by atoms with Gasteiger partial charge in [0.25, 0.3) is 0 Å². The normalized spacial score (nSPS) is 13.5. The van der Waals surface area contributed by atoms with E-state index in [-0.39, 0.29) is 11.0 Å². The minimum absolute atomic E-state index is 0.138. The molecular formula is C13H17NO3. The molecule has 0 amide bonds. The molecule has 0 bridgehead atoms. The number of esters is 1. The molecule has 0 atom stereocenters. The number of aryl methyl sites for hydroxylation is 1. The van der Waals surface area contributed by atoms with Gasteiger partial charge in [-0.1, -0.05) is 0 Å². The van der Waals surface area contributed by atoms with Gasteiger partial charge in [0.15, 0.2) is 5.43 Å². The minimum atomic E-state index is -0.505. The van der Waals surface area contributed by atoms with Crippen LogP contribution in [0.2, 0.25) is 0 Å². The van der Waals surface area contributed by atoms with Crippen molar-refractivity contribution >= 4 is 5.97 Å². The van der Waals surface area contributed by atoms with Crippen molar-refractivity contribution < 1.29 is 9.53 Å². The van der Waals surface area contributed by atoms with Gasteiger partial charge in [-0.25, -0.2) is 4.79 Å². The summed E-state index contributed by atoms with van der Waals surface area (Å²) in [4.78, 5) is 23.8. The standard InChI is InChI=1S/C13H17NO3/c1-3-14-8-10(13(16)17-4-2)12(15)9-6-5-7-11(9)14/h8H,3-7H2,1-2H3. The van der Waals surface area contributed by atoms with Gasteiger partial charge in [0.2, 0.25) is 0 Å². The molecule has 17 heavy (non-hydrogen) atoms. The number of ether oxygens (including phenoxy) is 1. The summed E-state index contributed by atoms with van der Waals surface area (Å²) >= 11 is 0. The molecule has 0 spiro atoms. The molecule has 1 aliphatic rings. The summed E-state index contributed by atoms with van der Waals surface area (Å²) in [6.07, 6.45) is 4.35. The van der Waals surface area contributed by atoms with Gasteiger partial charge >= 0.3 is 5.97 Å². The summed E-state index contributed by atoms with van der Waals surface area (Å²) < 4.78 is 6.91. The lowest BCUT2D eigenvalue weighted by Crippen LogP contribution is -2.24. The Hall–Kier alpha value is -1.58. The molecule has 92 valence electrons. The van der Waals surface area contributed by atoms with Crippen molar-refractivity contribution in [1.82, 2.24) is 4.57 Å². The van der Waals surface area contributed by atoms with E-state index in [1.54, 1.807) is 13.1 Å². The van der Waals surface area contributed by atoms with Gasteiger partial charge in [-0.05, 0) is 33.1 Å². The largest absolute Gasteiger partial charge is 0.462 e. The lowest BCUT2D eigenvalue weighted by Gasteiger charge is -2.12. The number of carbonyl (C=O) groups is 1. The highest BCUT2D eigenvalue weighted by atomic mass is 16.5. The Labute approximate surface area is 100 Å². The highest BCUT2D eigenvalue weighted by Gasteiger charge is 2.23. The Morgan fingerprint density at radius 3 is 2.82 bits per heavy atom. The maximum atomic E-state index is 12.1. The number of rotatable bonds is 3. The lowest BCUT2D eigenvalue weighted by molar-refractivity contribution is 0.0523. The molecule has 1 aromatic heterocycles. The monoisotopic (exact) mass is 235 g/mol. The molecule has 0 saturated heterocycles. The number of hydrogen-bond acceptors (Lipinski definition) is 3. The second-order valence-corrected chi connectivity index (χ2v) is 4.16. The molecule has 0 fully saturated rings. The number of pyridine rings is 1. The summed E-state index contributed by atoms with van der Waals surface area (Å²) in [5.74, 6) is -0.505. The molecular weight excluding hydrogens is 218 g/mol. The molecule has 1 aliphatic carbocycles. The summed E-state index contributed by atoms with van der Waals surface area (Å²) in [5.41, 5.74) is 1.93. The third kappa shape index (κ3) is 1.99. The summed E-state index contributed by atoms with van der Waals surface area (Å²) in [6, 6.07) is 0. The first-order valence-electron chi connectivity index (χ1n) is 6.11. The third-order valence-electron chi connectivity index (χ3n) is 3.18. The molecule has 0 saturated carbocycles. The van der Waals surface area contributed by atoms with Gasteiger partial charge in [-0.3, -0.25) is 4.79 Å². The fourth-order valence-electron chi connectivity index (χ4n) is 2.38. The fourth-order valence-corrected chi connectivity index (χ4v) is 2.38. The average molecular weight is 235 g/mol. The molecule has 4 heteroatoms. The van der Waals surface area contributed by atoms with Crippen molar-refractivity contribution in [3.63, 3.8) is 0 Å². The van der Waals surface area contributed by atoms with Gasteiger partial charge in [-0.2, -0.15) is 0 Å². The first kappa shape index (κ1) is 11.9. The van der Waals surface area contributed by atoms with Crippen molar-refractivity contribution in [2.24, 2.45) is 0 Å². The average Bonchev–Trinajstić information content (AvgIpc) is 2.79. The number of hydrogen-bond donors (Lipinski definition) is 0. The van der Waals surface area contributed by atoms with Gasteiger partial charge in [0.1, 0.15) is 5.56 Å². The maximum Gasteiger partial charge on any atom is 0.343 e. The lowest BCUT2D eigenvalue weighted by atomic mass is 10.1. The van der Waals surface area contributed by atoms with Gasteiger partial charge in [-0.15, -0.1) is 0 Å². The van der Waals surface area contributed by atoms with Crippen molar-refractivity contribution in [3.8, 4) is 0 Å². The predicted octanol–water partition coefficient (Wildman–Crippen LogP) is 1.53. The van der Waals surface area contributed by atoms with Crippen LogP contribution < -0.4 is 5.43 Å². The minimum Gasteiger partial charge on any atom is -0.462 e. The van der Waals surface area contributed by atoms with Crippen LogP contribution in [0, 0.1) is 0 Å². The van der Waals surface area contributed by atoms with Crippen LogP contribution >= 0.6 is 0 Å². The van der Waals surface area contributed by atoms with E-state index in [4.69, 9.17) is 4.74 Å². The van der Waals surface area contributed by atoms with E-state index < -0.39 is 5.97 Å². The molecule has 1 aromatic rings. The van der Waals surface area contributed by atoms with Crippen molar-refractivity contribution in [1.29, 1.82) is 0 Å². The second kappa shape index (κ2) is 4.73. The Balaban J connectivity index is 2.55. The van der Waals surface area contributed by atoms with E-state index in [1.165, 1.54) is 0 Å². The van der Waals surface area contributed by atoms with Crippen LogP contribution in [-0.2, 0) is 24.1 Å². The van der Waals surface area contributed by atoms with E-state index >= 15 is 0 Å². The molecule has 2 rings (SSSR count). The van der Waals surface area contributed by atoms with Gasteiger partial charge < -0.3 is 9.30 Å². The summed E-state index contributed by atoms with van der Waals surface area (Å²) in [6.45, 7) is 4.82. The number of carbonyl (C=O) groups excluding carboxylic acids is 1. The third-order valence-corrected chi connectivity index (χ3v) is 3.18. The predicted molar refractivity (Wildman–Crippen MR) is 64.4 cm³/mol. The molecule has 0 aliphatic heterocycles. The van der Waals surface area contributed by atoms with E-state index in [0.29, 0.717) is 6.61 Å².